The molecular formula is C21H21FN2O2S. The first kappa shape index (κ1) is 19.0. The SMILES string of the molecule is C=CCn1c(=NC(=O)c2cccc(OCCCC)c2)sc2cccc(F)c21. The lowest BCUT2D eigenvalue weighted by molar-refractivity contribution is 0.0997. The summed E-state index contributed by atoms with van der Waals surface area (Å²) in [6.45, 7) is 6.79. The number of amides is 1. The smallest absolute Gasteiger partial charge is 0.279 e. The van der Waals surface area contributed by atoms with Gasteiger partial charge in [0.25, 0.3) is 5.91 Å². The Labute approximate surface area is 161 Å². The van der Waals surface area contributed by atoms with Gasteiger partial charge in [-0.2, -0.15) is 4.99 Å². The van der Waals surface area contributed by atoms with Crippen molar-refractivity contribution in [1.29, 1.82) is 0 Å². The highest BCUT2D eigenvalue weighted by Crippen LogP contribution is 2.21. The third-order valence-electron chi connectivity index (χ3n) is 4.01. The van der Waals surface area contributed by atoms with E-state index >= 15 is 0 Å². The monoisotopic (exact) mass is 384 g/mol. The minimum atomic E-state index is -0.388. The molecule has 2 aromatic carbocycles. The fraction of sp³-hybridized carbons (Fsp3) is 0.238. The van der Waals surface area contributed by atoms with Gasteiger partial charge < -0.3 is 9.30 Å². The van der Waals surface area contributed by atoms with Crippen LogP contribution in [0.3, 0.4) is 0 Å². The summed E-state index contributed by atoms with van der Waals surface area (Å²) in [7, 11) is 0. The number of carbonyl (C=O) groups excluding carboxylic acids is 1. The Morgan fingerprint density at radius 2 is 2.15 bits per heavy atom. The quantitative estimate of drug-likeness (QED) is 0.427. The molecule has 0 aliphatic rings. The molecule has 6 heteroatoms. The lowest BCUT2D eigenvalue weighted by Crippen LogP contribution is -2.16. The average molecular weight is 384 g/mol. The molecule has 0 saturated heterocycles. The third-order valence-corrected chi connectivity index (χ3v) is 5.05. The second kappa shape index (κ2) is 8.77. The zero-order chi connectivity index (χ0) is 19.2. The van der Waals surface area contributed by atoms with Crippen LogP contribution in [0.5, 0.6) is 5.75 Å². The van der Waals surface area contributed by atoms with Crippen molar-refractivity contribution in [3.63, 3.8) is 0 Å². The molecule has 1 heterocycles. The van der Waals surface area contributed by atoms with Crippen LogP contribution in [0.2, 0.25) is 0 Å². The Morgan fingerprint density at radius 3 is 2.93 bits per heavy atom. The first-order chi connectivity index (χ1) is 13.1. The van der Waals surface area contributed by atoms with E-state index < -0.39 is 0 Å². The zero-order valence-electron chi connectivity index (χ0n) is 15.2. The van der Waals surface area contributed by atoms with Gasteiger partial charge in [0.1, 0.15) is 11.6 Å². The van der Waals surface area contributed by atoms with Gasteiger partial charge in [0, 0.05) is 12.1 Å². The summed E-state index contributed by atoms with van der Waals surface area (Å²) in [4.78, 5) is 17.3. The van der Waals surface area contributed by atoms with E-state index in [1.165, 1.54) is 17.4 Å². The molecule has 0 unspecified atom stereocenters. The van der Waals surface area contributed by atoms with Crippen LogP contribution in [0.15, 0.2) is 60.1 Å². The van der Waals surface area contributed by atoms with E-state index in [0.29, 0.717) is 34.8 Å². The molecule has 0 aliphatic heterocycles. The Balaban J connectivity index is 1.98. The van der Waals surface area contributed by atoms with E-state index in [4.69, 9.17) is 4.74 Å². The molecule has 3 rings (SSSR count). The number of hydrogen-bond donors (Lipinski definition) is 0. The van der Waals surface area contributed by atoms with Gasteiger partial charge >= 0.3 is 0 Å². The summed E-state index contributed by atoms with van der Waals surface area (Å²) >= 11 is 1.28. The van der Waals surface area contributed by atoms with Crippen LogP contribution in [0.1, 0.15) is 30.1 Å². The van der Waals surface area contributed by atoms with Crippen LogP contribution >= 0.6 is 11.3 Å². The van der Waals surface area contributed by atoms with E-state index in [-0.39, 0.29) is 11.7 Å². The highest BCUT2D eigenvalue weighted by atomic mass is 32.1. The minimum Gasteiger partial charge on any atom is -0.494 e. The van der Waals surface area contributed by atoms with Gasteiger partial charge in [-0.15, -0.1) is 6.58 Å². The Kier molecular flexibility index (Phi) is 6.19. The number of nitrogens with zero attached hydrogens (tertiary/aromatic N) is 2. The molecular weight excluding hydrogens is 363 g/mol. The van der Waals surface area contributed by atoms with Crippen LogP contribution in [0.4, 0.5) is 4.39 Å². The van der Waals surface area contributed by atoms with Crippen molar-refractivity contribution in [1.82, 2.24) is 4.57 Å². The molecule has 140 valence electrons. The first-order valence-corrected chi connectivity index (χ1v) is 9.66. The number of aromatic nitrogens is 1. The number of benzene rings is 2. The number of halogens is 1. The number of unbranched alkanes of at least 4 members (excludes halogenated alkanes) is 1. The third kappa shape index (κ3) is 4.34. The van der Waals surface area contributed by atoms with Crippen molar-refractivity contribution in [2.75, 3.05) is 6.61 Å². The fourth-order valence-corrected chi connectivity index (χ4v) is 3.73. The molecule has 4 nitrogen and oxygen atoms in total. The van der Waals surface area contributed by atoms with Crippen LogP contribution in [0, 0.1) is 5.82 Å². The van der Waals surface area contributed by atoms with Gasteiger partial charge in [-0.3, -0.25) is 4.79 Å². The van der Waals surface area contributed by atoms with Gasteiger partial charge in [0.15, 0.2) is 4.80 Å². The predicted octanol–water partition coefficient (Wildman–Crippen LogP) is 4.95. The first-order valence-electron chi connectivity index (χ1n) is 8.84. The summed E-state index contributed by atoms with van der Waals surface area (Å²) < 4.78 is 22.3. The average Bonchev–Trinajstić information content (AvgIpc) is 3.01. The van der Waals surface area contributed by atoms with E-state index in [9.17, 15) is 9.18 Å². The highest BCUT2D eigenvalue weighted by molar-refractivity contribution is 7.16. The highest BCUT2D eigenvalue weighted by Gasteiger charge is 2.12. The van der Waals surface area contributed by atoms with Crippen molar-refractivity contribution < 1.29 is 13.9 Å². The number of thiazole rings is 1. The van der Waals surface area contributed by atoms with Crippen molar-refractivity contribution in [2.24, 2.45) is 4.99 Å². The van der Waals surface area contributed by atoms with Gasteiger partial charge in [0.2, 0.25) is 0 Å². The number of hydrogen-bond acceptors (Lipinski definition) is 3. The minimum absolute atomic E-state index is 0.342. The number of allylic oxidation sites excluding steroid dienone is 1. The standard InChI is InChI=1S/C21H21FN2O2S/c1-3-5-13-26-16-9-6-8-15(14-16)20(25)23-21-24(12-4-2)19-17(22)10-7-11-18(19)27-21/h4,6-11,14H,2-3,5,12-13H2,1H3. The van der Waals surface area contributed by atoms with Gasteiger partial charge in [0.05, 0.1) is 16.8 Å². The molecule has 0 saturated carbocycles. The molecule has 0 bridgehead atoms. The number of carbonyl (C=O) groups is 1. The Hall–Kier alpha value is -2.73. The summed E-state index contributed by atoms with van der Waals surface area (Å²) in [5.41, 5.74) is 0.873. The van der Waals surface area contributed by atoms with E-state index in [1.54, 1.807) is 34.9 Å². The molecule has 3 aromatic rings. The second-order valence-electron chi connectivity index (χ2n) is 6.02. The predicted molar refractivity (Wildman–Crippen MR) is 107 cm³/mol. The molecule has 0 fully saturated rings. The number of fused-ring (bicyclic) bond motifs is 1. The van der Waals surface area contributed by atoms with Gasteiger partial charge in [-0.25, -0.2) is 4.39 Å². The maximum atomic E-state index is 14.3. The summed E-state index contributed by atoms with van der Waals surface area (Å²) in [5.74, 6) is -0.0857. The molecule has 1 aromatic heterocycles. The lowest BCUT2D eigenvalue weighted by Gasteiger charge is -2.06. The summed E-state index contributed by atoms with van der Waals surface area (Å²) in [5, 5.41) is 0. The molecule has 0 spiro atoms. The Morgan fingerprint density at radius 1 is 1.33 bits per heavy atom. The van der Waals surface area contributed by atoms with E-state index in [2.05, 4.69) is 18.5 Å². The maximum absolute atomic E-state index is 14.3. The second-order valence-corrected chi connectivity index (χ2v) is 7.03. The van der Waals surface area contributed by atoms with Crippen molar-refractivity contribution in [3.05, 3.63) is 71.3 Å². The lowest BCUT2D eigenvalue weighted by atomic mass is 10.2. The van der Waals surface area contributed by atoms with Crippen molar-refractivity contribution >= 4 is 27.5 Å². The number of ether oxygens (including phenoxy) is 1. The van der Waals surface area contributed by atoms with Crippen molar-refractivity contribution in [3.8, 4) is 5.75 Å². The van der Waals surface area contributed by atoms with Crippen LogP contribution in [-0.2, 0) is 6.54 Å². The number of rotatable bonds is 7. The van der Waals surface area contributed by atoms with Crippen LogP contribution < -0.4 is 9.54 Å². The topological polar surface area (TPSA) is 43.6 Å². The summed E-state index contributed by atoms with van der Waals surface area (Å²) in [6, 6.07) is 11.8. The Bertz CT molecular complexity index is 1040. The zero-order valence-corrected chi connectivity index (χ0v) is 16.0. The molecule has 27 heavy (non-hydrogen) atoms. The molecule has 0 N–H and O–H groups in total. The van der Waals surface area contributed by atoms with Crippen LogP contribution in [0.25, 0.3) is 10.2 Å². The maximum Gasteiger partial charge on any atom is 0.279 e. The van der Waals surface area contributed by atoms with Gasteiger partial charge in [-0.05, 0) is 36.8 Å². The van der Waals surface area contributed by atoms with Gasteiger partial charge in [-0.1, -0.05) is 42.9 Å². The van der Waals surface area contributed by atoms with E-state index in [0.717, 1.165) is 17.5 Å². The molecule has 0 atom stereocenters. The molecule has 1 amide bonds. The largest absolute Gasteiger partial charge is 0.494 e. The number of para-hydroxylation sites is 1. The fourth-order valence-electron chi connectivity index (χ4n) is 2.68. The van der Waals surface area contributed by atoms with Crippen LogP contribution in [-0.4, -0.2) is 17.1 Å². The summed E-state index contributed by atoms with van der Waals surface area (Å²) in [6.07, 6.45) is 3.65. The van der Waals surface area contributed by atoms with Crippen molar-refractivity contribution in [2.45, 2.75) is 26.3 Å². The normalized spacial score (nSPS) is 11.7. The van der Waals surface area contributed by atoms with E-state index in [1.807, 2.05) is 12.1 Å². The molecule has 0 radical (unpaired) electrons. The molecule has 0 aliphatic carbocycles.